The first kappa shape index (κ1) is 12.8. The number of anilines is 2. The molecule has 1 aliphatic heterocycles. The van der Waals surface area contributed by atoms with E-state index in [-0.39, 0.29) is 0 Å². The topological polar surface area (TPSA) is 70.3 Å². The fourth-order valence-electron chi connectivity index (χ4n) is 3.10. The van der Waals surface area contributed by atoms with E-state index in [2.05, 4.69) is 31.3 Å². The predicted molar refractivity (Wildman–Crippen MR) is 84.2 cm³/mol. The molecule has 1 saturated carbocycles. The van der Waals surface area contributed by atoms with Crippen molar-refractivity contribution in [2.75, 3.05) is 36.5 Å². The maximum atomic E-state index is 5.51. The number of rotatable bonds is 3. The van der Waals surface area contributed by atoms with Gasteiger partial charge in [-0.15, -0.1) is 0 Å². The van der Waals surface area contributed by atoms with E-state index >= 15 is 0 Å². The van der Waals surface area contributed by atoms with Crippen molar-refractivity contribution < 1.29 is 0 Å². The summed E-state index contributed by atoms with van der Waals surface area (Å²) in [7, 11) is 0. The highest BCUT2D eigenvalue weighted by Gasteiger charge is 2.31. The zero-order chi connectivity index (χ0) is 14.2. The summed E-state index contributed by atoms with van der Waals surface area (Å²) in [4.78, 5) is 14.0. The Bertz CT molecular complexity index is 646. The number of hydrogen-bond donors (Lipinski definition) is 2. The molecule has 21 heavy (non-hydrogen) atoms. The minimum Gasteiger partial charge on any atom is -0.353 e. The number of fused-ring (bicyclic) bond motifs is 1. The lowest BCUT2D eigenvalue weighted by Gasteiger charge is -2.36. The zero-order valence-corrected chi connectivity index (χ0v) is 12.0. The lowest BCUT2D eigenvalue weighted by molar-refractivity contribution is 0.248. The van der Waals surface area contributed by atoms with Gasteiger partial charge in [0, 0.05) is 37.6 Å². The number of piperazine rings is 1. The quantitative estimate of drug-likeness (QED) is 0.652. The fraction of sp³-hybridized carbons (Fsp3) is 0.467. The number of nitrogens with one attached hydrogen (secondary N) is 1. The molecule has 0 amide bonds. The lowest BCUT2D eigenvalue weighted by atomic mass is 10.2. The number of benzene rings is 1. The molecule has 2 fully saturated rings. The first-order valence-corrected chi connectivity index (χ1v) is 7.57. The Kier molecular flexibility index (Phi) is 3.12. The molecule has 0 unspecified atom stereocenters. The van der Waals surface area contributed by atoms with E-state index < -0.39 is 0 Å². The van der Waals surface area contributed by atoms with E-state index in [0.29, 0.717) is 5.95 Å². The van der Waals surface area contributed by atoms with Gasteiger partial charge in [0.25, 0.3) is 0 Å². The molecular weight excluding hydrogens is 264 g/mol. The second kappa shape index (κ2) is 5.13. The van der Waals surface area contributed by atoms with E-state index in [0.717, 1.165) is 48.9 Å². The molecule has 6 nitrogen and oxygen atoms in total. The van der Waals surface area contributed by atoms with Gasteiger partial charge in [-0.05, 0) is 25.0 Å². The van der Waals surface area contributed by atoms with Gasteiger partial charge < -0.3 is 4.90 Å². The van der Waals surface area contributed by atoms with E-state index in [1.807, 2.05) is 18.2 Å². The van der Waals surface area contributed by atoms with Crippen molar-refractivity contribution in [2.24, 2.45) is 5.84 Å². The second-order valence-corrected chi connectivity index (χ2v) is 5.79. The molecule has 1 saturated heterocycles. The third-order valence-electron chi connectivity index (χ3n) is 4.39. The zero-order valence-electron chi connectivity index (χ0n) is 12.0. The normalized spacial score (nSPS) is 20.0. The summed E-state index contributed by atoms with van der Waals surface area (Å²) in [6, 6.07) is 8.95. The highest BCUT2D eigenvalue weighted by atomic mass is 15.3. The first-order valence-electron chi connectivity index (χ1n) is 7.57. The molecule has 6 heteroatoms. The van der Waals surface area contributed by atoms with Gasteiger partial charge in [-0.25, -0.2) is 10.8 Å². The SMILES string of the molecule is NNc1nc(N2CCN(C3CC3)CC2)c2ccccc2n1. The van der Waals surface area contributed by atoms with Gasteiger partial charge in [0.1, 0.15) is 5.82 Å². The van der Waals surface area contributed by atoms with Crippen molar-refractivity contribution in [3.8, 4) is 0 Å². The molecule has 0 radical (unpaired) electrons. The van der Waals surface area contributed by atoms with Crippen molar-refractivity contribution in [2.45, 2.75) is 18.9 Å². The highest BCUT2D eigenvalue weighted by Crippen LogP contribution is 2.30. The molecule has 1 aliphatic carbocycles. The summed E-state index contributed by atoms with van der Waals surface area (Å²) in [5.74, 6) is 6.98. The van der Waals surface area contributed by atoms with Gasteiger partial charge in [-0.3, -0.25) is 10.3 Å². The number of nitrogens with zero attached hydrogens (tertiary/aromatic N) is 4. The van der Waals surface area contributed by atoms with Crippen LogP contribution in [0.25, 0.3) is 10.9 Å². The molecule has 1 aromatic carbocycles. The smallest absolute Gasteiger partial charge is 0.239 e. The Morgan fingerprint density at radius 1 is 1.05 bits per heavy atom. The Morgan fingerprint density at radius 2 is 1.81 bits per heavy atom. The number of nitrogen functional groups attached to an aromatic ring is 1. The van der Waals surface area contributed by atoms with Crippen LogP contribution in [0.1, 0.15) is 12.8 Å². The maximum absolute atomic E-state index is 5.51. The Morgan fingerprint density at radius 3 is 2.52 bits per heavy atom. The molecule has 1 aromatic heterocycles. The second-order valence-electron chi connectivity index (χ2n) is 5.79. The predicted octanol–water partition coefficient (Wildman–Crippen LogP) is 1.20. The summed E-state index contributed by atoms with van der Waals surface area (Å²) in [5, 5.41) is 1.09. The van der Waals surface area contributed by atoms with Crippen LogP contribution < -0.4 is 16.2 Å². The van der Waals surface area contributed by atoms with E-state index in [1.165, 1.54) is 12.8 Å². The Labute approximate surface area is 123 Å². The van der Waals surface area contributed by atoms with Gasteiger partial charge in [0.15, 0.2) is 0 Å². The molecule has 2 aliphatic rings. The monoisotopic (exact) mass is 284 g/mol. The highest BCUT2D eigenvalue weighted by molar-refractivity contribution is 5.90. The van der Waals surface area contributed by atoms with Crippen molar-refractivity contribution in [1.82, 2.24) is 14.9 Å². The summed E-state index contributed by atoms with van der Waals surface area (Å²) >= 11 is 0. The molecule has 2 aromatic rings. The fourth-order valence-corrected chi connectivity index (χ4v) is 3.10. The lowest BCUT2D eigenvalue weighted by Crippen LogP contribution is -2.47. The van der Waals surface area contributed by atoms with Crippen LogP contribution in [0.2, 0.25) is 0 Å². The van der Waals surface area contributed by atoms with E-state index in [4.69, 9.17) is 5.84 Å². The minimum absolute atomic E-state index is 0.480. The summed E-state index contributed by atoms with van der Waals surface area (Å²) in [5.41, 5.74) is 3.51. The Balaban J connectivity index is 1.65. The molecule has 0 spiro atoms. The van der Waals surface area contributed by atoms with E-state index in [9.17, 15) is 0 Å². The van der Waals surface area contributed by atoms with Crippen LogP contribution in [-0.4, -0.2) is 47.1 Å². The molecular formula is C15H20N6. The van der Waals surface area contributed by atoms with Gasteiger partial charge in [-0.2, -0.15) is 4.98 Å². The summed E-state index contributed by atoms with van der Waals surface area (Å²) < 4.78 is 0. The van der Waals surface area contributed by atoms with Gasteiger partial charge in [0.2, 0.25) is 5.95 Å². The number of para-hydroxylation sites is 1. The Hall–Kier alpha value is -1.92. The van der Waals surface area contributed by atoms with Crippen molar-refractivity contribution in [1.29, 1.82) is 0 Å². The first-order chi connectivity index (χ1) is 10.3. The average Bonchev–Trinajstić information content (AvgIpc) is 3.39. The van der Waals surface area contributed by atoms with E-state index in [1.54, 1.807) is 0 Å². The molecule has 3 N–H and O–H groups in total. The third kappa shape index (κ3) is 2.41. The number of aromatic nitrogens is 2. The number of hydrogen-bond acceptors (Lipinski definition) is 6. The van der Waals surface area contributed by atoms with Crippen molar-refractivity contribution in [3.05, 3.63) is 24.3 Å². The van der Waals surface area contributed by atoms with Crippen LogP contribution in [0.5, 0.6) is 0 Å². The van der Waals surface area contributed by atoms with Crippen LogP contribution in [0.15, 0.2) is 24.3 Å². The molecule has 4 rings (SSSR count). The molecule has 0 bridgehead atoms. The van der Waals surface area contributed by atoms with Gasteiger partial charge >= 0.3 is 0 Å². The third-order valence-corrected chi connectivity index (χ3v) is 4.39. The van der Waals surface area contributed by atoms with Gasteiger partial charge in [0.05, 0.1) is 5.52 Å². The standard InChI is InChI=1S/C15H20N6/c16-19-15-17-13-4-2-1-3-12(13)14(18-15)21-9-7-20(8-10-21)11-5-6-11/h1-4,11H,5-10,16H2,(H,17,18,19). The summed E-state index contributed by atoms with van der Waals surface area (Å²) in [6.45, 7) is 4.27. The van der Waals surface area contributed by atoms with Crippen LogP contribution in [0.3, 0.4) is 0 Å². The maximum Gasteiger partial charge on any atom is 0.239 e. The van der Waals surface area contributed by atoms with Crippen molar-refractivity contribution in [3.63, 3.8) is 0 Å². The number of hydrazine groups is 1. The molecule has 110 valence electrons. The minimum atomic E-state index is 0.480. The van der Waals surface area contributed by atoms with Crippen LogP contribution in [-0.2, 0) is 0 Å². The van der Waals surface area contributed by atoms with Crippen LogP contribution in [0.4, 0.5) is 11.8 Å². The van der Waals surface area contributed by atoms with Crippen LogP contribution in [0, 0.1) is 0 Å². The van der Waals surface area contributed by atoms with Gasteiger partial charge in [-0.1, -0.05) is 12.1 Å². The largest absolute Gasteiger partial charge is 0.353 e. The summed E-state index contributed by atoms with van der Waals surface area (Å²) in [6.07, 6.45) is 2.75. The molecule has 2 heterocycles. The molecule has 0 atom stereocenters. The average molecular weight is 284 g/mol. The number of nitrogens with two attached hydrogens (primary N) is 1. The van der Waals surface area contributed by atoms with Crippen LogP contribution >= 0.6 is 0 Å². The van der Waals surface area contributed by atoms with Crippen molar-refractivity contribution >= 4 is 22.7 Å².